The van der Waals surface area contributed by atoms with Gasteiger partial charge >= 0.3 is 6.61 Å². The fraction of sp³-hybridized carbons (Fsp3) is 0.143. The van der Waals surface area contributed by atoms with Gasteiger partial charge in [0, 0.05) is 6.20 Å². The molecule has 0 atom stereocenters. The number of hydrogen-bond donors (Lipinski definition) is 1. The van der Waals surface area contributed by atoms with Gasteiger partial charge in [0.25, 0.3) is 0 Å². The highest BCUT2D eigenvalue weighted by atomic mass is 32.1. The smallest absolute Gasteiger partial charge is 0.387 e. The fourth-order valence-electron chi connectivity index (χ4n) is 0.760. The van der Waals surface area contributed by atoms with Crippen LogP contribution in [0.4, 0.5) is 8.78 Å². The lowest BCUT2D eigenvalue weighted by Crippen LogP contribution is -2.03. The number of aromatic nitrogens is 1. The second-order valence-electron chi connectivity index (χ2n) is 2.04. The molecule has 0 saturated carbocycles. The van der Waals surface area contributed by atoms with Crippen LogP contribution in [-0.2, 0) is 0 Å². The van der Waals surface area contributed by atoms with Crippen LogP contribution in [0.1, 0.15) is 5.56 Å². The molecule has 3 nitrogen and oxygen atoms in total. The molecule has 0 aliphatic heterocycles. The number of alkyl halides is 2. The van der Waals surface area contributed by atoms with Crippen molar-refractivity contribution in [3.63, 3.8) is 0 Å². The van der Waals surface area contributed by atoms with Crippen molar-refractivity contribution in [3.8, 4) is 11.8 Å². The third-order valence-electron chi connectivity index (χ3n) is 1.25. The summed E-state index contributed by atoms with van der Waals surface area (Å²) in [5, 5.41) is 8.55. The molecule has 1 heterocycles. The van der Waals surface area contributed by atoms with Gasteiger partial charge in [0.15, 0.2) is 0 Å². The summed E-state index contributed by atoms with van der Waals surface area (Å²) in [6, 6.07) is 2.90. The largest absolute Gasteiger partial charge is 0.433 e. The van der Waals surface area contributed by atoms with Crippen LogP contribution in [0.25, 0.3) is 0 Å². The molecule has 13 heavy (non-hydrogen) atoms. The monoisotopic (exact) mass is 202 g/mol. The lowest BCUT2D eigenvalue weighted by molar-refractivity contribution is -0.0501. The van der Waals surface area contributed by atoms with Gasteiger partial charge in [-0.25, -0.2) is 0 Å². The quantitative estimate of drug-likeness (QED) is 0.748. The maximum atomic E-state index is 11.8. The summed E-state index contributed by atoms with van der Waals surface area (Å²) in [5.41, 5.74) is -0.0854. The first kappa shape index (κ1) is 9.61. The average molecular weight is 202 g/mol. The molecule has 0 aliphatic carbocycles. The van der Waals surface area contributed by atoms with E-state index in [-0.39, 0.29) is 16.0 Å². The van der Waals surface area contributed by atoms with Crippen molar-refractivity contribution in [3.05, 3.63) is 22.5 Å². The lowest BCUT2D eigenvalue weighted by atomic mass is 10.3. The zero-order valence-electron chi connectivity index (χ0n) is 6.25. The molecule has 0 unspecified atom stereocenters. The minimum Gasteiger partial charge on any atom is -0.433 e. The van der Waals surface area contributed by atoms with E-state index in [9.17, 15) is 8.78 Å². The van der Waals surface area contributed by atoms with Gasteiger partial charge in [0.05, 0.1) is 0 Å². The topological polar surface area (TPSA) is 48.8 Å². The van der Waals surface area contributed by atoms with E-state index in [1.54, 1.807) is 6.07 Å². The van der Waals surface area contributed by atoms with Crippen LogP contribution in [-0.4, -0.2) is 11.6 Å². The summed E-state index contributed by atoms with van der Waals surface area (Å²) in [4.78, 5) is 2.53. The Kier molecular flexibility index (Phi) is 2.93. The summed E-state index contributed by atoms with van der Waals surface area (Å²) in [7, 11) is 0. The Bertz CT molecular complexity index is 396. The third kappa shape index (κ3) is 2.23. The molecule has 0 aromatic carbocycles. The molecule has 6 heteroatoms. The first-order valence-electron chi connectivity index (χ1n) is 3.21. The van der Waals surface area contributed by atoms with Gasteiger partial charge in [-0.3, -0.25) is 0 Å². The minimum absolute atomic E-state index is 0.0839. The molecule has 0 radical (unpaired) electrons. The third-order valence-corrected chi connectivity index (χ3v) is 1.57. The molecule has 1 aromatic heterocycles. The molecule has 68 valence electrons. The van der Waals surface area contributed by atoms with Crippen molar-refractivity contribution in [2.75, 3.05) is 0 Å². The van der Waals surface area contributed by atoms with Crippen LogP contribution in [0.15, 0.2) is 12.3 Å². The first-order valence-corrected chi connectivity index (χ1v) is 3.62. The summed E-state index contributed by atoms with van der Waals surface area (Å²) >= 11 is 4.69. The molecule has 1 rings (SSSR count). The number of H-pyrrole nitrogens is 1. The molecule has 0 fully saturated rings. The van der Waals surface area contributed by atoms with Crippen LogP contribution >= 0.6 is 12.2 Å². The van der Waals surface area contributed by atoms with E-state index in [1.165, 1.54) is 12.3 Å². The zero-order chi connectivity index (χ0) is 9.84. The summed E-state index contributed by atoms with van der Waals surface area (Å²) in [5.74, 6) is -0.207. The number of pyridine rings is 1. The van der Waals surface area contributed by atoms with Crippen LogP contribution in [0.5, 0.6) is 5.75 Å². The van der Waals surface area contributed by atoms with Crippen molar-refractivity contribution in [2.24, 2.45) is 0 Å². The van der Waals surface area contributed by atoms with Gasteiger partial charge in [-0.1, -0.05) is 12.2 Å². The Hall–Kier alpha value is -1.48. The molecule has 0 spiro atoms. The van der Waals surface area contributed by atoms with Gasteiger partial charge in [-0.2, -0.15) is 14.0 Å². The first-order chi connectivity index (χ1) is 6.15. The Morgan fingerprint density at radius 1 is 1.62 bits per heavy atom. The molecule has 1 aromatic rings. The van der Waals surface area contributed by atoms with Crippen molar-refractivity contribution >= 4 is 12.2 Å². The van der Waals surface area contributed by atoms with E-state index in [1.807, 2.05) is 0 Å². The Balaban J connectivity index is 3.15. The maximum Gasteiger partial charge on any atom is 0.387 e. The summed E-state index contributed by atoms with van der Waals surface area (Å²) in [6.45, 7) is -2.95. The molecule has 0 bridgehead atoms. The number of aromatic amines is 1. The minimum atomic E-state index is -2.95. The van der Waals surface area contributed by atoms with Crippen LogP contribution in [0.3, 0.4) is 0 Å². The van der Waals surface area contributed by atoms with E-state index in [0.717, 1.165) is 0 Å². The molecule has 1 N–H and O–H groups in total. The molecule has 0 amide bonds. The number of ether oxygens (including phenoxy) is 1. The van der Waals surface area contributed by atoms with Gasteiger partial charge in [-0.05, 0) is 6.07 Å². The number of nitriles is 1. The van der Waals surface area contributed by atoms with Crippen molar-refractivity contribution in [1.82, 2.24) is 4.98 Å². The molecular weight excluding hydrogens is 198 g/mol. The van der Waals surface area contributed by atoms with Crippen molar-refractivity contribution in [2.45, 2.75) is 6.61 Å². The number of hydrogen-bond acceptors (Lipinski definition) is 3. The maximum absolute atomic E-state index is 11.8. The summed E-state index contributed by atoms with van der Waals surface area (Å²) in [6.07, 6.45) is 1.33. The van der Waals surface area contributed by atoms with Gasteiger partial charge in [0.2, 0.25) is 0 Å². The Morgan fingerprint density at radius 2 is 2.31 bits per heavy atom. The highest BCUT2D eigenvalue weighted by Gasteiger charge is 2.09. The standard InChI is InChI=1S/C7H4F2N2OS/c8-7(9)12-5-1-2-11-6(13)4(5)3-10/h1-2,7H,(H,11,13). The SMILES string of the molecule is N#Cc1c(OC(F)F)cc[nH]c1=S. The van der Waals surface area contributed by atoms with E-state index in [0.29, 0.717) is 0 Å². The zero-order valence-corrected chi connectivity index (χ0v) is 7.07. The van der Waals surface area contributed by atoms with Crippen LogP contribution < -0.4 is 4.74 Å². The highest BCUT2D eigenvalue weighted by molar-refractivity contribution is 7.71. The van der Waals surface area contributed by atoms with E-state index >= 15 is 0 Å². The fourth-order valence-corrected chi connectivity index (χ4v) is 0.975. The normalized spacial score (nSPS) is 9.69. The number of halogens is 2. The number of nitrogens with zero attached hydrogens (tertiary/aromatic N) is 1. The summed E-state index contributed by atoms with van der Waals surface area (Å²) < 4.78 is 27.7. The molecule has 0 saturated heterocycles. The Labute approximate surface area is 77.6 Å². The van der Waals surface area contributed by atoms with E-state index in [4.69, 9.17) is 5.26 Å². The Morgan fingerprint density at radius 3 is 2.85 bits per heavy atom. The highest BCUT2D eigenvalue weighted by Crippen LogP contribution is 2.18. The van der Waals surface area contributed by atoms with E-state index in [2.05, 4.69) is 21.9 Å². The number of nitrogens with one attached hydrogen (secondary N) is 1. The molecule has 0 aliphatic rings. The lowest BCUT2D eigenvalue weighted by Gasteiger charge is -2.04. The second-order valence-corrected chi connectivity index (χ2v) is 2.44. The van der Waals surface area contributed by atoms with Crippen molar-refractivity contribution < 1.29 is 13.5 Å². The van der Waals surface area contributed by atoms with Gasteiger partial charge in [-0.15, -0.1) is 0 Å². The average Bonchev–Trinajstić information content (AvgIpc) is 2.03. The second kappa shape index (κ2) is 3.96. The van der Waals surface area contributed by atoms with Crippen LogP contribution in [0, 0.1) is 16.0 Å². The van der Waals surface area contributed by atoms with Gasteiger partial charge < -0.3 is 9.72 Å². The predicted octanol–water partition coefficient (Wildman–Crippen LogP) is 2.22. The van der Waals surface area contributed by atoms with Crippen molar-refractivity contribution in [1.29, 1.82) is 5.26 Å². The van der Waals surface area contributed by atoms with Gasteiger partial charge in [0.1, 0.15) is 22.0 Å². The number of rotatable bonds is 2. The van der Waals surface area contributed by atoms with E-state index < -0.39 is 6.61 Å². The predicted molar refractivity (Wildman–Crippen MR) is 43.0 cm³/mol. The van der Waals surface area contributed by atoms with Crippen LogP contribution in [0.2, 0.25) is 0 Å². The molecular formula is C7H4F2N2OS.